The van der Waals surface area contributed by atoms with E-state index in [0.29, 0.717) is 33.6 Å². The number of methoxy groups -OCH3 is 3. The van der Waals surface area contributed by atoms with E-state index in [1.54, 1.807) is 12.1 Å². The highest BCUT2D eigenvalue weighted by Crippen LogP contribution is 2.34. The fourth-order valence-corrected chi connectivity index (χ4v) is 4.55. The van der Waals surface area contributed by atoms with Gasteiger partial charge in [0, 0.05) is 23.1 Å². The van der Waals surface area contributed by atoms with Crippen molar-refractivity contribution in [1.29, 1.82) is 0 Å². The van der Waals surface area contributed by atoms with Crippen LogP contribution >= 0.6 is 11.3 Å². The van der Waals surface area contributed by atoms with Crippen molar-refractivity contribution in [2.24, 2.45) is 5.92 Å². The number of hydrogen-bond donors (Lipinski definition) is 3. The van der Waals surface area contributed by atoms with E-state index < -0.39 is 6.03 Å². The fraction of sp³-hybridized carbons (Fsp3) is 0.429. The average Bonchev–Trinajstić information content (AvgIpc) is 3.18. The standard InChI is InChI=1S/C21H27N3O5S/c1-12-5-6-18-13(7-12)9-19(30-18)20(25)23-24-21(26)22-11-14-8-16(28-3)17(29-4)10-15(14)27-2/h8-10,12H,5-7,11H2,1-4H3,(H,23,25)(H2,22,24,26). The van der Waals surface area contributed by atoms with Crippen molar-refractivity contribution < 1.29 is 23.8 Å². The second-order valence-electron chi connectivity index (χ2n) is 7.19. The van der Waals surface area contributed by atoms with Gasteiger partial charge >= 0.3 is 6.03 Å². The first-order chi connectivity index (χ1) is 14.4. The fourth-order valence-electron chi connectivity index (χ4n) is 3.44. The van der Waals surface area contributed by atoms with Crippen molar-refractivity contribution >= 4 is 23.3 Å². The highest BCUT2D eigenvalue weighted by molar-refractivity contribution is 7.14. The molecule has 9 heteroatoms. The monoisotopic (exact) mass is 433 g/mol. The summed E-state index contributed by atoms with van der Waals surface area (Å²) in [5, 5.41) is 2.69. The highest BCUT2D eigenvalue weighted by Gasteiger charge is 2.21. The average molecular weight is 434 g/mol. The minimum absolute atomic E-state index is 0.177. The minimum Gasteiger partial charge on any atom is -0.496 e. The van der Waals surface area contributed by atoms with E-state index >= 15 is 0 Å². The Morgan fingerprint density at radius 1 is 1.03 bits per heavy atom. The Hall–Kier alpha value is -2.94. The molecule has 0 fully saturated rings. The third-order valence-corrected chi connectivity index (χ3v) is 6.30. The maximum Gasteiger partial charge on any atom is 0.333 e. The maximum absolute atomic E-state index is 12.4. The van der Waals surface area contributed by atoms with E-state index in [4.69, 9.17) is 14.2 Å². The number of ether oxygens (including phenoxy) is 3. The van der Waals surface area contributed by atoms with Gasteiger partial charge in [0.1, 0.15) is 5.75 Å². The van der Waals surface area contributed by atoms with Crippen LogP contribution in [-0.2, 0) is 19.4 Å². The number of aryl methyl sites for hydroxylation is 1. The number of rotatable bonds is 6. The molecular formula is C21H27N3O5S. The molecule has 1 atom stereocenters. The number of benzene rings is 1. The molecule has 30 heavy (non-hydrogen) atoms. The molecule has 1 aromatic carbocycles. The molecule has 3 N–H and O–H groups in total. The summed E-state index contributed by atoms with van der Waals surface area (Å²) >= 11 is 1.49. The summed E-state index contributed by atoms with van der Waals surface area (Å²) in [6, 6.07) is 4.82. The molecule has 1 aliphatic carbocycles. The lowest BCUT2D eigenvalue weighted by Gasteiger charge is -2.16. The van der Waals surface area contributed by atoms with Crippen molar-refractivity contribution in [3.8, 4) is 17.2 Å². The van der Waals surface area contributed by atoms with E-state index in [1.165, 1.54) is 43.1 Å². The first-order valence-corrected chi connectivity index (χ1v) is 10.5. The Balaban J connectivity index is 1.55. The van der Waals surface area contributed by atoms with Gasteiger partial charge in [-0.15, -0.1) is 11.3 Å². The molecule has 2 aromatic rings. The van der Waals surface area contributed by atoms with Crippen LogP contribution in [0.15, 0.2) is 18.2 Å². The Labute approximate surface area is 179 Å². The largest absolute Gasteiger partial charge is 0.496 e. The Kier molecular flexibility index (Phi) is 7.04. The number of carbonyl (C=O) groups excluding carboxylic acids is 2. The summed E-state index contributed by atoms with van der Waals surface area (Å²) in [4.78, 5) is 26.4. The molecule has 0 saturated heterocycles. The van der Waals surface area contributed by atoms with Gasteiger partial charge in [-0.3, -0.25) is 10.2 Å². The normalized spacial score (nSPS) is 15.0. The number of urea groups is 1. The zero-order chi connectivity index (χ0) is 21.7. The van der Waals surface area contributed by atoms with Gasteiger partial charge in [-0.05, 0) is 42.9 Å². The third kappa shape index (κ3) is 4.96. The lowest BCUT2D eigenvalue weighted by molar-refractivity contribution is 0.0940. The zero-order valence-electron chi connectivity index (χ0n) is 17.6. The van der Waals surface area contributed by atoms with Crippen LogP contribution in [0, 0.1) is 5.92 Å². The van der Waals surface area contributed by atoms with Crippen molar-refractivity contribution in [2.45, 2.75) is 32.7 Å². The van der Waals surface area contributed by atoms with Gasteiger partial charge in [0.25, 0.3) is 5.91 Å². The van der Waals surface area contributed by atoms with E-state index in [-0.39, 0.29) is 12.5 Å². The van der Waals surface area contributed by atoms with E-state index in [0.717, 1.165) is 19.3 Å². The Bertz CT molecular complexity index is 928. The van der Waals surface area contributed by atoms with Gasteiger partial charge in [-0.25, -0.2) is 10.2 Å². The van der Waals surface area contributed by atoms with Gasteiger partial charge in [0.15, 0.2) is 11.5 Å². The molecule has 0 bridgehead atoms. The zero-order valence-corrected chi connectivity index (χ0v) is 18.4. The summed E-state index contributed by atoms with van der Waals surface area (Å²) in [5.74, 6) is 1.93. The van der Waals surface area contributed by atoms with Crippen LogP contribution in [0.2, 0.25) is 0 Å². The van der Waals surface area contributed by atoms with Crippen LogP contribution in [0.25, 0.3) is 0 Å². The predicted molar refractivity (Wildman–Crippen MR) is 114 cm³/mol. The lowest BCUT2D eigenvalue weighted by Crippen LogP contribution is -2.46. The molecule has 1 unspecified atom stereocenters. The number of carbonyl (C=O) groups is 2. The summed E-state index contributed by atoms with van der Waals surface area (Å²) in [5.41, 5.74) is 6.80. The van der Waals surface area contributed by atoms with Crippen LogP contribution in [0.5, 0.6) is 17.2 Å². The minimum atomic E-state index is -0.532. The first-order valence-electron chi connectivity index (χ1n) is 9.69. The molecule has 8 nitrogen and oxygen atoms in total. The highest BCUT2D eigenvalue weighted by atomic mass is 32.1. The van der Waals surface area contributed by atoms with Gasteiger partial charge in [-0.2, -0.15) is 0 Å². The number of hydrazine groups is 1. The van der Waals surface area contributed by atoms with Crippen LogP contribution in [0.4, 0.5) is 4.79 Å². The van der Waals surface area contributed by atoms with E-state index in [9.17, 15) is 9.59 Å². The van der Waals surface area contributed by atoms with Gasteiger partial charge in [-0.1, -0.05) is 6.92 Å². The summed E-state index contributed by atoms with van der Waals surface area (Å²) in [6.07, 6.45) is 3.16. The van der Waals surface area contributed by atoms with Crippen LogP contribution < -0.4 is 30.4 Å². The Morgan fingerprint density at radius 3 is 2.43 bits per heavy atom. The second-order valence-corrected chi connectivity index (χ2v) is 8.32. The quantitative estimate of drug-likeness (QED) is 0.609. The smallest absolute Gasteiger partial charge is 0.333 e. The van der Waals surface area contributed by atoms with Crippen molar-refractivity contribution in [3.05, 3.63) is 39.1 Å². The molecule has 3 amide bonds. The molecular weight excluding hydrogens is 406 g/mol. The first kappa shape index (κ1) is 21.8. The Morgan fingerprint density at radius 2 is 1.73 bits per heavy atom. The molecule has 1 aliphatic rings. The van der Waals surface area contributed by atoms with Crippen LogP contribution in [-0.4, -0.2) is 33.3 Å². The van der Waals surface area contributed by atoms with Crippen LogP contribution in [0.1, 0.15) is 39.0 Å². The van der Waals surface area contributed by atoms with E-state index in [1.807, 2.05) is 6.07 Å². The molecule has 0 aliphatic heterocycles. The topological polar surface area (TPSA) is 97.9 Å². The van der Waals surface area contributed by atoms with Gasteiger partial charge in [0.05, 0.1) is 26.2 Å². The number of amides is 3. The number of fused-ring (bicyclic) bond motifs is 1. The van der Waals surface area contributed by atoms with Gasteiger partial charge in [0.2, 0.25) is 0 Å². The number of nitrogens with one attached hydrogen (secondary N) is 3. The molecule has 162 valence electrons. The number of thiophene rings is 1. The molecule has 1 aromatic heterocycles. The SMILES string of the molecule is COc1cc(OC)c(OC)cc1CNC(=O)NNC(=O)c1cc2c(s1)CCC(C)C2. The molecule has 0 radical (unpaired) electrons. The van der Waals surface area contributed by atoms with Crippen molar-refractivity contribution in [1.82, 2.24) is 16.2 Å². The third-order valence-electron chi connectivity index (χ3n) is 5.07. The summed E-state index contributed by atoms with van der Waals surface area (Å²) in [6.45, 7) is 2.40. The predicted octanol–water partition coefficient (Wildman–Crippen LogP) is 3.04. The maximum atomic E-state index is 12.4. The van der Waals surface area contributed by atoms with Gasteiger partial charge < -0.3 is 19.5 Å². The van der Waals surface area contributed by atoms with Crippen LogP contribution in [0.3, 0.4) is 0 Å². The molecule has 0 spiro atoms. The molecule has 3 rings (SSSR count). The second kappa shape index (κ2) is 9.71. The van der Waals surface area contributed by atoms with Crippen molar-refractivity contribution in [2.75, 3.05) is 21.3 Å². The molecule has 0 saturated carbocycles. The summed E-state index contributed by atoms with van der Waals surface area (Å²) in [7, 11) is 4.61. The lowest BCUT2D eigenvalue weighted by atomic mass is 9.90. The van der Waals surface area contributed by atoms with E-state index in [2.05, 4.69) is 23.1 Å². The number of hydrogen-bond acceptors (Lipinski definition) is 6. The van der Waals surface area contributed by atoms with Crippen molar-refractivity contribution in [3.63, 3.8) is 0 Å². The summed E-state index contributed by atoms with van der Waals surface area (Å²) < 4.78 is 15.9. The molecule has 1 heterocycles.